The molecule has 5 nitrogen and oxygen atoms in total. The van der Waals surface area contributed by atoms with Gasteiger partial charge in [0.05, 0.1) is 5.69 Å². The van der Waals surface area contributed by atoms with Crippen LogP contribution in [0.15, 0.2) is 16.9 Å². The Hall–Kier alpha value is -1.62. The van der Waals surface area contributed by atoms with Gasteiger partial charge in [-0.3, -0.25) is 9.89 Å². The fourth-order valence-corrected chi connectivity index (χ4v) is 2.52. The molecule has 3 heterocycles. The molecule has 0 spiro atoms. The first-order valence-electron chi connectivity index (χ1n) is 6.63. The molecule has 3 rings (SSSR count). The topological polar surface area (TPSA) is 62.2 Å². The first-order valence-corrected chi connectivity index (χ1v) is 6.63. The Morgan fingerprint density at radius 2 is 2.33 bits per heavy atom. The standard InChI is InChI=1S/C13H18N4O/c1-2-9-7-12-15-11(8-13(18)17(12)16-9)10-5-3-4-6-14-10/h7-8,10,14,16H,2-6H2,1H3. The molecule has 96 valence electrons. The maximum atomic E-state index is 12.0. The normalized spacial score (nSPS) is 20.4. The Morgan fingerprint density at radius 1 is 1.44 bits per heavy atom. The zero-order chi connectivity index (χ0) is 12.5. The van der Waals surface area contributed by atoms with Crippen LogP contribution in [0.4, 0.5) is 0 Å². The molecular formula is C13H18N4O. The predicted molar refractivity (Wildman–Crippen MR) is 69.8 cm³/mol. The molecule has 2 aromatic heterocycles. The van der Waals surface area contributed by atoms with Crippen molar-refractivity contribution in [2.45, 2.75) is 38.6 Å². The summed E-state index contributed by atoms with van der Waals surface area (Å²) in [6.07, 6.45) is 4.35. The van der Waals surface area contributed by atoms with E-state index >= 15 is 0 Å². The molecular weight excluding hydrogens is 228 g/mol. The average Bonchev–Trinajstić information content (AvgIpc) is 2.83. The van der Waals surface area contributed by atoms with E-state index in [4.69, 9.17) is 0 Å². The molecule has 1 atom stereocenters. The molecule has 1 unspecified atom stereocenters. The quantitative estimate of drug-likeness (QED) is 0.842. The predicted octanol–water partition coefficient (Wildman–Crippen LogP) is 1.40. The first kappa shape index (κ1) is 11.5. The van der Waals surface area contributed by atoms with Crippen LogP contribution >= 0.6 is 0 Å². The van der Waals surface area contributed by atoms with Gasteiger partial charge in [-0.25, -0.2) is 9.50 Å². The highest BCUT2D eigenvalue weighted by Gasteiger charge is 2.17. The van der Waals surface area contributed by atoms with Gasteiger partial charge >= 0.3 is 0 Å². The van der Waals surface area contributed by atoms with Gasteiger partial charge in [-0.05, 0) is 25.8 Å². The number of hydrogen-bond acceptors (Lipinski definition) is 3. The molecule has 2 aromatic rings. The maximum absolute atomic E-state index is 12.0. The molecule has 0 bridgehead atoms. The number of aryl methyl sites for hydroxylation is 1. The number of fused-ring (bicyclic) bond motifs is 1. The summed E-state index contributed by atoms with van der Waals surface area (Å²) in [5.74, 6) is 0. The van der Waals surface area contributed by atoms with E-state index in [1.807, 2.05) is 6.07 Å². The van der Waals surface area contributed by atoms with Crippen molar-refractivity contribution in [2.75, 3.05) is 6.54 Å². The summed E-state index contributed by atoms with van der Waals surface area (Å²) in [5.41, 5.74) is 2.61. The highest BCUT2D eigenvalue weighted by Crippen LogP contribution is 2.20. The number of nitrogens with one attached hydrogen (secondary N) is 2. The van der Waals surface area contributed by atoms with Crippen LogP contribution in [0, 0.1) is 0 Å². The van der Waals surface area contributed by atoms with Crippen LogP contribution in [-0.4, -0.2) is 21.1 Å². The van der Waals surface area contributed by atoms with Crippen LogP contribution in [0.5, 0.6) is 0 Å². The van der Waals surface area contributed by atoms with Crippen LogP contribution in [-0.2, 0) is 6.42 Å². The molecule has 0 amide bonds. The summed E-state index contributed by atoms with van der Waals surface area (Å²) < 4.78 is 1.52. The Morgan fingerprint density at radius 3 is 3.06 bits per heavy atom. The Labute approximate surface area is 105 Å². The van der Waals surface area contributed by atoms with Gasteiger partial charge in [-0.1, -0.05) is 13.3 Å². The van der Waals surface area contributed by atoms with Crippen LogP contribution in [0.3, 0.4) is 0 Å². The van der Waals surface area contributed by atoms with Gasteiger partial charge in [-0.15, -0.1) is 0 Å². The Kier molecular flexibility index (Phi) is 2.91. The van der Waals surface area contributed by atoms with Gasteiger partial charge in [-0.2, -0.15) is 0 Å². The molecule has 1 aliphatic heterocycles. The molecule has 18 heavy (non-hydrogen) atoms. The van der Waals surface area contributed by atoms with Crippen molar-refractivity contribution in [3.63, 3.8) is 0 Å². The monoisotopic (exact) mass is 246 g/mol. The molecule has 1 aliphatic rings. The minimum absolute atomic E-state index is 0.0259. The summed E-state index contributed by atoms with van der Waals surface area (Å²) in [5, 5.41) is 6.49. The lowest BCUT2D eigenvalue weighted by Crippen LogP contribution is -2.29. The lowest BCUT2D eigenvalue weighted by Gasteiger charge is -2.22. The minimum Gasteiger partial charge on any atom is -0.309 e. The fourth-order valence-electron chi connectivity index (χ4n) is 2.52. The number of hydrogen-bond donors (Lipinski definition) is 2. The van der Waals surface area contributed by atoms with Crippen molar-refractivity contribution < 1.29 is 0 Å². The smallest absolute Gasteiger partial charge is 0.272 e. The van der Waals surface area contributed by atoms with E-state index in [9.17, 15) is 4.79 Å². The van der Waals surface area contributed by atoms with E-state index in [0.717, 1.165) is 36.4 Å². The van der Waals surface area contributed by atoms with E-state index < -0.39 is 0 Å². The van der Waals surface area contributed by atoms with E-state index in [2.05, 4.69) is 22.3 Å². The van der Waals surface area contributed by atoms with Gasteiger partial charge in [0, 0.05) is 23.9 Å². The van der Waals surface area contributed by atoms with Gasteiger partial charge in [0.15, 0.2) is 5.65 Å². The van der Waals surface area contributed by atoms with Gasteiger partial charge < -0.3 is 5.32 Å². The highest BCUT2D eigenvalue weighted by atomic mass is 16.1. The summed E-state index contributed by atoms with van der Waals surface area (Å²) in [7, 11) is 0. The molecule has 0 aliphatic carbocycles. The van der Waals surface area contributed by atoms with Crippen molar-refractivity contribution in [3.05, 3.63) is 33.9 Å². The summed E-state index contributed by atoms with van der Waals surface area (Å²) >= 11 is 0. The molecule has 0 saturated carbocycles. The molecule has 0 radical (unpaired) electrons. The van der Waals surface area contributed by atoms with E-state index in [0.29, 0.717) is 0 Å². The average molecular weight is 246 g/mol. The lowest BCUT2D eigenvalue weighted by atomic mass is 10.0. The zero-order valence-corrected chi connectivity index (χ0v) is 10.6. The summed E-state index contributed by atoms with van der Waals surface area (Å²) in [4.78, 5) is 16.6. The third kappa shape index (κ3) is 1.95. The van der Waals surface area contributed by atoms with Gasteiger partial charge in [0.2, 0.25) is 0 Å². The molecule has 2 N–H and O–H groups in total. The van der Waals surface area contributed by atoms with Crippen LogP contribution < -0.4 is 10.9 Å². The third-order valence-corrected chi connectivity index (χ3v) is 3.57. The number of rotatable bonds is 2. The van der Waals surface area contributed by atoms with Crippen LogP contribution in [0.2, 0.25) is 0 Å². The third-order valence-electron chi connectivity index (χ3n) is 3.57. The fraction of sp³-hybridized carbons (Fsp3) is 0.538. The highest BCUT2D eigenvalue weighted by molar-refractivity contribution is 5.40. The van der Waals surface area contributed by atoms with Crippen molar-refractivity contribution in [3.8, 4) is 0 Å². The van der Waals surface area contributed by atoms with Gasteiger partial charge in [0.1, 0.15) is 0 Å². The number of piperidine rings is 1. The van der Waals surface area contributed by atoms with Crippen molar-refractivity contribution in [2.24, 2.45) is 0 Å². The lowest BCUT2D eigenvalue weighted by molar-refractivity contribution is 0.405. The Balaban J connectivity index is 2.05. The van der Waals surface area contributed by atoms with E-state index in [1.54, 1.807) is 6.07 Å². The number of aromatic amines is 1. The summed E-state index contributed by atoms with van der Waals surface area (Å²) in [6.45, 7) is 3.07. The molecule has 5 heteroatoms. The molecule has 1 saturated heterocycles. The number of aromatic nitrogens is 3. The van der Waals surface area contributed by atoms with Crippen LogP contribution in [0.25, 0.3) is 5.65 Å². The second-order valence-corrected chi connectivity index (χ2v) is 4.85. The SMILES string of the molecule is CCc1cc2nc(C3CCCCN3)cc(=O)n2[nH]1. The second kappa shape index (κ2) is 4.57. The van der Waals surface area contributed by atoms with Crippen molar-refractivity contribution in [1.82, 2.24) is 19.9 Å². The summed E-state index contributed by atoms with van der Waals surface area (Å²) in [6, 6.07) is 3.83. The largest absolute Gasteiger partial charge is 0.309 e. The van der Waals surface area contributed by atoms with Crippen molar-refractivity contribution in [1.29, 1.82) is 0 Å². The van der Waals surface area contributed by atoms with E-state index in [1.165, 1.54) is 17.4 Å². The Bertz CT molecular complexity index is 607. The maximum Gasteiger partial charge on any atom is 0.272 e. The minimum atomic E-state index is -0.0259. The zero-order valence-electron chi connectivity index (χ0n) is 10.6. The number of H-pyrrole nitrogens is 1. The van der Waals surface area contributed by atoms with Crippen LogP contribution in [0.1, 0.15) is 43.6 Å². The molecule has 0 aromatic carbocycles. The van der Waals surface area contributed by atoms with E-state index in [-0.39, 0.29) is 11.6 Å². The van der Waals surface area contributed by atoms with Gasteiger partial charge in [0.25, 0.3) is 5.56 Å². The molecule has 1 fully saturated rings. The second-order valence-electron chi connectivity index (χ2n) is 4.85. The number of nitrogens with zero attached hydrogens (tertiary/aromatic N) is 2. The van der Waals surface area contributed by atoms with Crippen molar-refractivity contribution >= 4 is 5.65 Å². The first-order chi connectivity index (χ1) is 8.78.